The molecule has 0 bridgehead atoms. The molecule has 2 amide bonds. The summed E-state index contributed by atoms with van der Waals surface area (Å²) < 4.78 is 22.3. The number of sulfone groups is 1. The summed E-state index contributed by atoms with van der Waals surface area (Å²) in [5, 5.41) is 2.61. The van der Waals surface area contributed by atoms with Gasteiger partial charge in [-0.05, 0) is 6.42 Å². The van der Waals surface area contributed by atoms with Crippen LogP contribution in [-0.4, -0.2) is 37.8 Å². The zero-order valence-electron chi connectivity index (χ0n) is 9.10. The highest BCUT2D eigenvalue weighted by Gasteiger charge is 2.30. The molecule has 92 valence electrons. The van der Waals surface area contributed by atoms with E-state index in [1.807, 2.05) is 0 Å². The highest BCUT2D eigenvalue weighted by molar-refractivity contribution is 7.91. The molecule has 2 unspecified atom stereocenters. The van der Waals surface area contributed by atoms with Crippen LogP contribution in [0.4, 0.5) is 0 Å². The molecule has 1 rings (SSSR count). The second kappa shape index (κ2) is 4.82. The molecule has 1 aliphatic heterocycles. The van der Waals surface area contributed by atoms with Gasteiger partial charge in [-0.1, -0.05) is 6.92 Å². The van der Waals surface area contributed by atoms with Crippen LogP contribution in [0.5, 0.6) is 0 Å². The van der Waals surface area contributed by atoms with Gasteiger partial charge in [0.15, 0.2) is 9.84 Å². The highest BCUT2D eigenvalue weighted by atomic mass is 32.2. The van der Waals surface area contributed by atoms with Gasteiger partial charge in [0.05, 0.1) is 11.5 Å². The summed E-state index contributed by atoms with van der Waals surface area (Å²) >= 11 is 0. The fraction of sp³-hybridized carbons (Fsp3) is 0.778. The maximum Gasteiger partial charge on any atom is 0.223 e. The first-order valence-corrected chi connectivity index (χ1v) is 6.91. The number of rotatable bonds is 4. The van der Waals surface area contributed by atoms with Crippen LogP contribution in [0.3, 0.4) is 0 Å². The second-order valence-electron chi connectivity index (χ2n) is 4.18. The summed E-state index contributed by atoms with van der Waals surface area (Å²) in [5.41, 5.74) is 4.97. The molecule has 0 spiro atoms. The van der Waals surface area contributed by atoms with Crippen molar-refractivity contribution >= 4 is 21.7 Å². The van der Waals surface area contributed by atoms with Crippen LogP contribution in [0, 0.1) is 5.92 Å². The number of nitrogens with two attached hydrogens (primary N) is 1. The van der Waals surface area contributed by atoms with Crippen molar-refractivity contribution < 1.29 is 18.0 Å². The third kappa shape index (κ3) is 3.80. The molecule has 0 saturated carbocycles. The van der Waals surface area contributed by atoms with Crippen LogP contribution in [0.25, 0.3) is 0 Å². The van der Waals surface area contributed by atoms with E-state index in [9.17, 15) is 18.0 Å². The molecule has 0 radical (unpaired) electrons. The fourth-order valence-corrected chi connectivity index (χ4v) is 3.32. The number of carbonyl (C=O) groups is 2. The summed E-state index contributed by atoms with van der Waals surface area (Å²) in [5.74, 6) is -1.27. The van der Waals surface area contributed by atoms with Gasteiger partial charge >= 0.3 is 0 Å². The molecular weight excluding hydrogens is 232 g/mol. The first kappa shape index (κ1) is 13.0. The van der Waals surface area contributed by atoms with Crippen molar-refractivity contribution in [2.24, 2.45) is 11.7 Å². The minimum atomic E-state index is -3.00. The molecule has 1 heterocycles. The minimum absolute atomic E-state index is 0.0119. The van der Waals surface area contributed by atoms with Crippen molar-refractivity contribution in [1.82, 2.24) is 5.32 Å². The van der Waals surface area contributed by atoms with Gasteiger partial charge in [0.25, 0.3) is 0 Å². The monoisotopic (exact) mass is 248 g/mol. The molecule has 6 nitrogen and oxygen atoms in total. The van der Waals surface area contributed by atoms with Crippen LogP contribution in [0.15, 0.2) is 0 Å². The zero-order valence-corrected chi connectivity index (χ0v) is 9.92. The third-order valence-electron chi connectivity index (χ3n) is 2.53. The van der Waals surface area contributed by atoms with Crippen LogP contribution in [-0.2, 0) is 19.4 Å². The highest BCUT2D eigenvalue weighted by Crippen LogP contribution is 2.12. The van der Waals surface area contributed by atoms with E-state index in [0.717, 1.165) is 0 Å². The van der Waals surface area contributed by atoms with Crippen molar-refractivity contribution in [3.8, 4) is 0 Å². The Labute approximate surface area is 94.5 Å². The van der Waals surface area contributed by atoms with Crippen molar-refractivity contribution in [3.63, 3.8) is 0 Å². The molecule has 0 aromatic heterocycles. The first-order chi connectivity index (χ1) is 7.30. The van der Waals surface area contributed by atoms with Crippen molar-refractivity contribution in [1.29, 1.82) is 0 Å². The summed E-state index contributed by atoms with van der Waals surface area (Å²) in [7, 11) is -3.00. The second-order valence-corrected chi connectivity index (χ2v) is 6.41. The standard InChI is InChI=1S/C9H16N2O4S/c1-6(4-8(10)12)9(13)11-7-2-3-16(14,15)5-7/h6-7H,2-5H2,1H3,(H2,10,12)(H,11,13). The Morgan fingerprint density at radius 2 is 2.12 bits per heavy atom. The van der Waals surface area contributed by atoms with E-state index >= 15 is 0 Å². The number of amides is 2. The van der Waals surface area contributed by atoms with E-state index in [2.05, 4.69) is 5.32 Å². The third-order valence-corrected chi connectivity index (χ3v) is 4.30. The van der Waals surface area contributed by atoms with Gasteiger partial charge in [0, 0.05) is 18.4 Å². The predicted octanol–water partition coefficient (Wildman–Crippen LogP) is -1.20. The number of carbonyl (C=O) groups excluding carboxylic acids is 2. The Hall–Kier alpha value is -1.11. The number of primary amides is 1. The number of hydrogen-bond acceptors (Lipinski definition) is 4. The Morgan fingerprint density at radius 1 is 1.50 bits per heavy atom. The quantitative estimate of drug-likeness (QED) is 0.651. The lowest BCUT2D eigenvalue weighted by atomic mass is 10.1. The van der Waals surface area contributed by atoms with Crippen molar-refractivity contribution in [2.45, 2.75) is 25.8 Å². The van der Waals surface area contributed by atoms with Crippen LogP contribution in [0.1, 0.15) is 19.8 Å². The normalized spacial score (nSPS) is 24.9. The Balaban J connectivity index is 2.44. The average Bonchev–Trinajstić information content (AvgIpc) is 2.44. The number of hydrogen-bond donors (Lipinski definition) is 2. The summed E-state index contributed by atoms with van der Waals surface area (Å²) in [4.78, 5) is 22.1. The smallest absolute Gasteiger partial charge is 0.223 e. The molecule has 16 heavy (non-hydrogen) atoms. The van der Waals surface area contributed by atoms with Gasteiger partial charge in [-0.25, -0.2) is 8.42 Å². The van der Waals surface area contributed by atoms with Gasteiger partial charge in [0.2, 0.25) is 11.8 Å². The molecule has 2 atom stereocenters. The van der Waals surface area contributed by atoms with Crippen molar-refractivity contribution in [2.75, 3.05) is 11.5 Å². The summed E-state index contributed by atoms with van der Waals surface area (Å²) in [6.07, 6.45) is 0.419. The zero-order chi connectivity index (χ0) is 12.3. The van der Waals surface area contributed by atoms with Gasteiger partial charge < -0.3 is 11.1 Å². The van der Waals surface area contributed by atoms with E-state index < -0.39 is 21.7 Å². The van der Waals surface area contributed by atoms with Crippen molar-refractivity contribution in [3.05, 3.63) is 0 Å². The lowest BCUT2D eigenvalue weighted by Crippen LogP contribution is -2.39. The van der Waals surface area contributed by atoms with Gasteiger partial charge in [-0.2, -0.15) is 0 Å². The Morgan fingerprint density at radius 3 is 2.56 bits per heavy atom. The van der Waals surface area contributed by atoms with Crippen LogP contribution >= 0.6 is 0 Å². The SMILES string of the molecule is CC(CC(N)=O)C(=O)NC1CCS(=O)(=O)C1. The van der Waals surface area contributed by atoms with E-state index in [1.165, 1.54) is 0 Å². The number of nitrogens with one attached hydrogen (secondary N) is 1. The summed E-state index contributed by atoms with van der Waals surface area (Å²) in [6, 6.07) is -0.326. The van der Waals surface area contributed by atoms with Gasteiger partial charge in [0.1, 0.15) is 0 Å². The van der Waals surface area contributed by atoms with Gasteiger partial charge in [-0.3, -0.25) is 9.59 Å². The first-order valence-electron chi connectivity index (χ1n) is 5.09. The molecule has 7 heteroatoms. The van der Waals surface area contributed by atoms with Crippen LogP contribution in [0.2, 0.25) is 0 Å². The fourth-order valence-electron chi connectivity index (χ4n) is 1.65. The van der Waals surface area contributed by atoms with E-state index in [1.54, 1.807) is 6.92 Å². The molecule has 1 aliphatic rings. The Kier molecular flexibility index (Phi) is 3.90. The topological polar surface area (TPSA) is 106 Å². The van der Waals surface area contributed by atoms with Gasteiger partial charge in [-0.15, -0.1) is 0 Å². The molecule has 1 fully saturated rings. The maximum absolute atomic E-state index is 11.5. The molecule has 0 aromatic carbocycles. The predicted molar refractivity (Wildman–Crippen MR) is 58.2 cm³/mol. The lowest BCUT2D eigenvalue weighted by Gasteiger charge is -2.14. The van der Waals surface area contributed by atoms with E-state index in [-0.39, 0.29) is 29.9 Å². The largest absolute Gasteiger partial charge is 0.370 e. The average molecular weight is 248 g/mol. The van der Waals surface area contributed by atoms with Crippen LogP contribution < -0.4 is 11.1 Å². The molecular formula is C9H16N2O4S. The Bertz CT molecular complexity index is 390. The molecule has 0 aliphatic carbocycles. The molecule has 0 aromatic rings. The summed E-state index contributed by atoms with van der Waals surface area (Å²) in [6.45, 7) is 1.59. The van der Waals surface area contributed by atoms with E-state index in [4.69, 9.17) is 5.73 Å². The van der Waals surface area contributed by atoms with E-state index in [0.29, 0.717) is 6.42 Å². The lowest BCUT2D eigenvalue weighted by molar-refractivity contribution is -0.129. The molecule has 1 saturated heterocycles. The minimum Gasteiger partial charge on any atom is -0.370 e. The maximum atomic E-state index is 11.5. The molecule has 3 N–H and O–H groups in total.